The SMILES string of the molecule is O=S(=O)(c1cccc(Cl)c1Cl)N(Cc1cccnc1)Cc1ccco1. The third-order valence-corrected chi connectivity index (χ3v) is 6.29. The van der Waals surface area contributed by atoms with E-state index in [1.165, 1.54) is 16.6 Å². The largest absolute Gasteiger partial charge is 0.468 e. The van der Waals surface area contributed by atoms with Crippen LogP contribution in [0.25, 0.3) is 0 Å². The Labute approximate surface area is 155 Å². The van der Waals surface area contributed by atoms with Gasteiger partial charge in [-0.1, -0.05) is 35.3 Å². The molecule has 130 valence electrons. The van der Waals surface area contributed by atoms with Crippen molar-refractivity contribution in [1.29, 1.82) is 0 Å². The van der Waals surface area contributed by atoms with Crippen LogP contribution < -0.4 is 0 Å². The Morgan fingerprint density at radius 3 is 2.56 bits per heavy atom. The fourth-order valence-electron chi connectivity index (χ4n) is 2.32. The first kappa shape index (κ1) is 17.9. The van der Waals surface area contributed by atoms with Crippen molar-refractivity contribution in [2.75, 3.05) is 0 Å². The van der Waals surface area contributed by atoms with Gasteiger partial charge in [0.2, 0.25) is 10.0 Å². The number of hydrogen-bond acceptors (Lipinski definition) is 4. The molecule has 3 aromatic rings. The van der Waals surface area contributed by atoms with Crippen molar-refractivity contribution in [3.8, 4) is 0 Å². The molecule has 0 N–H and O–H groups in total. The average molecular weight is 397 g/mol. The lowest BCUT2D eigenvalue weighted by Crippen LogP contribution is -2.30. The number of rotatable bonds is 6. The van der Waals surface area contributed by atoms with Crippen molar-refractivity contribution in [2.24, 2.45) is 0 Å². The minimum atomic E-state index is -3.90. The van der Waals surface area contributed by atoms with Gasteiger partial charge in [-0.25, -0.2) is 8.42 Å². The minimum Gasteiger partial charge on any atom is -0.468 e. The van der Waals surface area contributed by atoms with Gasteiger partial charge < -0.3 is 4.42 Å². The standard InChI is InChI=1S/C17H14Cl2N2O3S/c18-15-6-1-7-16(17(15)19)25(22,23)21(12-14-5-3-9-24-14)11-13-4-2-8-20-10-13/h1-10H,11-12H2. The maximum atomic E-state index is 13.2. The van der Waals surface area contributed by atoms with Crippen LogP contribution >= 0.6 is 23.2 Å². The van der Waals surface area contributed by atoms with E-state index in [1.54, 1.807) is 48.8 Å². The van der Waals surface area contributed by atoms with Crippen LogP contribution in [0.2, 0.25) is 10.0 Å². The Bertz CT molecular complexity index is 945. The van der Waals surface area contributed by atoms with Crippen molar-refractivity contribution >= 4 is 33.2 Å². The second kappa shape index (κ2) is 7.58. The molecular formula is C17H14Cl2N2O3S. The maximum Gasteiger partial charge on any atom is 0.245 e. The second-order valence-electron chi connectivity index (χ2n) is 5.27. The predicted octanol–water partition coefficient (Wildman–Crippen LogP) is 4.37. The molecule has 2 aromatic heterocycles. The molecule has 0 radical (unpaired) electrons. The Kier molecular flexibility index (Phi) is 5.44. The zero-order valence-electron chi connectivity index (χ0n) is 13.0. The van der Waals surface area contributed by atoms with Gasteiger partial charge in [-0.15, -0.1) is 0 Å². The lowest BCUT2D eigenvalue weighted by Gasteiger charge is -2.22. The van der Waals surface area contributed by atoms with Crippen LogP contribution in [0, 0.1) is 0 Å². The summed E-state index contributed by atoms with van der Waals surface area (Å²) in [6.07, 6.45) is 4.74. The van der Waals surface area contributed by atoms with Crippen molar-refractivity contribution in [3.05, 3.63) is 82.5 Å². The molecule has 0 atom stereocenters. The first-order valence-corrected chi connectivity index (χ1v) is 9.53. The van der Waals surface area contributed by atoms with Gasteiger partial charge in [0.15, 0.2) is 0 Å². The summed E-state index contributed by atoms with van der Waals surface area (Å²) < 4.78 is 32.9. The third kappa shape index (κ3) is 4.04. The number of furan rings is 1. The molecule has 0 fully saturated rings. The fourth-order valence-corrected chi connectivity index (χ4v) is 4.45. The fraction of sp³-hybridized carbons (Fsp3) is 0.118. The first-order valence-electron chi connectivity index (χ1n) is 7.34. The molecule has 3 rings (SSSR count). The summed E-state index contributed by atoms with van der Waals surface area (Å²) >= 11 is 12.1. The molecule has 0 unspecified atom stereocenters. The topological polar surface area (TPSA) is 63.4 Å². The van der Waals surface area contributed by atoms with Gasteiger partial charge in [0, 0.05) is 18.9 Å². The molecule has 2 heterocycles. The number of aromatic nitrogens is 1. The summed E-state index contributed by atoms with van der Waals surface area (Å²) in [5.74, 6) is 0.519. The van der Waals surface area contributed by atoms with Crippen molar-refractivity contribution in [1.82, 2.24) is 9.29 Å². The van der Waals surface area contributed by atoms with E-state index in [9.17, 15) is 8.42 Å². The lowest BCUT2D eigenvalue weighted by atomic mass is 10.3. The normalized spacial score (nSPS) is 11.8. The molecule has 0 aliphatic heterocycles. The molecule has 0 spiro atoms. The second-order valence-corrected chi connectivity index (χ2v) is 7.96. The molecular weight excluding hydrogens is 383 g/mol. The summed E-state index contributed by atoms with van der Waals surface area (Å²) in [7, 11) is -3.90. The van der Waals surface area contributed by atoms with Gasteiger partial charge >= 0.3 is 0 Å². The third-order valence-electron chi connectivity index (χ3n) is 3.53. The number of sulfonamides is 1. The van der Waals surface area contributed by atoms with E-state index in [0.717, 1.165) is 5.56 Å². The van der Waals surface area contributed by atoms with Crippen LogP contribution in [-0.4, -0.2) is 17.7 Å². The summed E-state index contributed by atoms with van der Waals surface area (Å²) in [5.41, 5.74) is 0.746. The number of benzene rings is 1. The van der Waals surface area contributed by atoms with Gasteiger partial charge in [-0.05, 0) is 35.9 Å². The molecule has 1 aromatic carbocycles. The van der Waals surface area contributed by atoms with E-state index in [0.29, 0.717) is 5.76 Å². The Balaban J connectivity index is 2.01. The minimum absolute atomic E-state index is 0.000187. The Morgan fingerprint density at radius 1 is 1.04 bits per heavy atom. The first-order chi connectivity index (χ1) is 12.0. The van der Waals surface area contributed by atoms with E-state index in [2.05, 4.69) is 4.98 Å². The van der Waals surface area contributed by atoms with E-state index in [1.807, 2.05) is 0 Å². The highest BCUT2D eigenvalue weighted by atomic mass is 35.5. The molecule has 0 saturated heterocycles. The van der Waals surface area contributed by atoms with Crippen LogP contribution in [0.15, 0.2) is 70.4 Å². The summed E-state index contributed by atoms with van der Waals surface area (Å²) in [6.45, 7) is 0.187. The molecule has 0 aliphatic rings. The number of hydrogen-bond donors (Lipinski definition) is 0. The molecule has 25 heavy (non-hydrogen) atoms. The van der Waals surface area contributed by atoms with Crippen molar-refractivity contribution < 1.29 is 12.8 Å². The monoisotopic (exact) mass is 396 g/mol. The molecule has 0 saturated carbocycles. The van der Waals surface area contributed by atoms with Crippen LogP contribution in [0.3, 0.4) is 0 Å². The molecule has 0 amide bonds. The van der Waals surface area contributed by atoms with Crippen LogP contribution in [0.5, 0.6) is 0 Å². The smallest absolute Gasteiger partial charge is 0.245 e. The van der Waals surface area contributed by atoms with Crippen LogP contribution in [-0.2, 0) is 23.1 Å². The number of nitrogens with zero attached hydrogens (tertiary/aromatic N) is 2. The Hall–Kier alpha value is -1.86. The zero-order valence-corrected chi connectivity index (χ0v) is 15.3. The average Bonchev–Trinajstić information content (AvgIpc) is 3.11. The Morgan fingerprint density at radius 2 is 1.88 bits per heavy atom. The van der Waals surface area contributed by atoms with Crippen molar-refractivity contribution in [2.45, 2.75) is 18.0 Å². The molecule has 0 aliphatic carbocycles. The number of pyridine rings is 1. The van der Waals surface area contributed by atoms with Gasteiger partial charge in [-0.3, -0.25) is 4.98 Å². The highest BCUT2D eigenvalue weighted by Crippen LogP contribution is 2.32. The quantitative estimate of drug-likeness (QED) is 0.620. The molecule has 0 bridgehead atoms. The molecule has 5 nitrogen and oxygen atoms in total. The van der Waals surface area contributed by atoms with E-state index in [4.69, 9.17) is 27.6 Å². The highest BCUT2D eigenvalue weighted by Gasteiger charge is 2.28. The molecule has 8 heteroatoms. The van der Waals surface area contributed by atoms with Crippen LogP contribution in [0.1, 0.15) is 11.3 Å². The lowest BCUT2D eigenvalue weighted by molar-refractivity contribution is 0.358. The summed E-state index contributed by atoms with van der Waals surface area (Å²) in [4.78, 5) is 3.98. The summed E-state index contributed by atoms with van der Waals surface area (Å²) in [5, 5.41) is 0.182. The van der Waals surface area contributed by atoms with E-state index < -0.39 is 10.0 Å². The van der Waals surface area contributed by atoms with Gasteiger partial charge in [0.25, 0.3) is 0 Å². The van der Waals surface area contributed by atoms with Crippen molar-refractivity contribution in [3.63, 3.8) is 0 Å². The number of halogens is 2. The maximum absolute atomic E-state index is 13.2. The van der Waals surface area contributed by atoms with Crippen LogP contribution in [0.4, 0.5) is 0 Å². The van der Waals surface area contributed by atoms with Gasteiger partial charge in [0.1, 0.15) is 10.7 Å². The van der Waals surface area contributed by atoms with Gasteiger partial charge in [-0.2, -0.15) is 4.31 Å². The summed E-state index contributed by atoms with van der Waals surface area (Å²) in [6, 6.07) is 11.5. The van der Waals surface area contributed by atoms with E-state index >= 15 is 0 Å². The highest BCUT2D eigenvalue weighted by molar-refractivity contribution is 7.89. The van der Waals surface area contributed by atoms with Gasteiger partial charge in [0.05, 0.1) is 22.9 Å². The van der Waals surface area contributed by atoms with E-state index in [-0.39, 0.29) is 28.0 Å². The predicted molar refractivity (Wildman–Crippen MR) is 95.8 cm³/mol. The zero-order chi connectivity index (χ0) is 17.9.